The van der Waals surface area contributed by atoms with Crippen molar-refractivity contribution in [3.8, 4) is 17.1 Å². The van der Waals surface area contributed by atoms with E-state index in [2.05, 4.69) is 15.0 Å². The highest BCUT2D eigenvalue weighted by molar-refractivity contribution is 7.08. The van der Waals surface area contributed by atoms with E-state index in [9.17, 15) is 4.79 Å². The maximum absolute atomic E-state index is 12.6. The van der Waals surface area contributed by atoms with E-state index in [1.54, 1.807) is 18.4 Å². The van der Waals surface area contributed by atoms with Crippen LogP contribution < -0.4 is 4.74 Å². The molecule has 0 radical (unpaired) electrons. The van der Waals surface area contributed by atoms with Gasteiger partial charge in [-0.3, -0.25) is 9.69 Å². The predicted molar refractivity (Wildman–Crippen MR) is 106 cm³/mol. The van der Waals surface area contributed by atoms with Crippen LogP contribution in [-0.2, 0) is 17.8 Å². The van der Waals surface area contributed by atoms with Crippen LogP contribution in [0.3, 0.4) is 0 Å². The molecule has 1 aromatic carbocycles. The Kier molecular flexibility index (Phi) is 5.68. The molecule has 1 amide bonds. The van der Waals surface area contributed by atoms with Crippen molar-refractivity contribution in [1.82, 2.24) is 19.9 Å². The van der Waals surface area contributed by atoms with Gasteiger partial charge in [-0.25, -0.2) is 0 Å². The number of methoxy groups -OCH3 is 1. The molecule has 0 atom stereocenters. The lowest BCUT2D eigenvalue weighted by molar-refractivity contribution is -0.132. The molecule has 0 bridgehead atoms. The van der Waals surface area contributed by atoms with Crippen LogP contribution in [0.2, 0.25) is 0 Å². The van der Waals surface area contributed by atoms with Crippen molar-refractivity contribution in [2.75, 3.05) is 33.3 Å². The van der Waals surface area contributed by atoms with Gasteiger partial charge in [-0.15, -0.1) is 0 Å². The quantitative estimate of drug-likeness (QED) is 0.636. The first kappa shape index (κ1) is 18.6. The van der Waals surface area contributed by atoms with Crippen LogP contribution in [0.15, 0.2) is 45.6 Å². The maximum atomic E-state index is 12.6. The van der Waals surface area contributed by atoms with Crippen molar-refractivity contribution in [3.05, 3.63) is 52.5 Å². The van der Waals surface area contributed by atoms with E-state index in [0.29, 0.717) is 37.8 Å². The minimum absolute atomic E-state index is 0.155. The molecule has 3 aromatic rings. The summed E-state index contributed by atoms with van der Waals surface area (Å²) in [5.74, 6) is 2.19. The highest BCUT2D eigenvalue weighted by atomic mass is 32.1. The Labute approximate surface area is 167 Å². The molecule has 0 unspecified atom stereocenters. The van der Waals surface area contributed by atoms with E-state index in [0.717, 1.165) is 30.0 Å². The van der Waals surface area contributed by atoms with E-state index < -0.39 is 0 Å². The van der Waals surface area contributed by atoms with Crippen LogP contribution in [-0.4, -0.2) is 59.1 Å². The SMILES string of the molecule is COc1ccc(CC(=O)N2CCN(Cc3nc(-c4ccsc4)no3)CC2)cc1. The van der Waals surface area contributed by atoms with E-state index >= 15 is 0 Å². The third kappa shape index (κ3) is 4.40. The number of amides is 1. The number of carbonyl (C=O) groups is 1. The van der Waals surface area contributed by atoms with Crippen LogP contribution >= 0.6 is 11.3 Å². The maximum Gasteiger partial charge on any atom is 0.241 e. The van der Waals surface area contributed by atoms with Crippen molar-refractivity contribution in [1.29, 1.82) is 0 Å². The van der Waals surface area contributed by atoms with Crippen molar-refractivity contribution < 1.29 is 14.1 Å². The minimum Gasteiger partial charge on any atom is -0.497 e. The number of ether oxygens (including phenoxy) is 1. The summed E-state index contributed by atoms with van der Waals surface area (Å²) in [6, 6.07) is 9.62. The monoisotopic (exact) mass is 398 g/mol. The highest BCUT2D eigenvalue weighted by Gasteiger charge is 2.22. The molecule has 0 saturated carbocycles. The van der Waals surface area contributed by atoms with E-state index in [-0.39, 0.29) is 5.91 Å². The average molecular weight is 398 g/mol. The average Bonchev–Trinajstić information content (AvgIpc) is 3.41. The Bertz CT molecular complexity index is 900. The number of hydrogen-bond acceptors (Lipinski definition) is 7. The molecular weight excluding hydrogens is 376 g/mol. The van der Waals surface area contributed by atoms with Crippen molar-refractivity contribution in [3.63, 3.8) is 0 Å². The fourth-order valence-corrected chi connectivity index (χ4v) is 3.84. The van der Waals surface area contributed by atoms with Gasteiger partial charge in [0, 0.05) is 37.1 Å². The lowest BCUT2D eigenvalue weighted by atomic mass is 10.1. The number of thiophene rings is 1. The van der Waals surface area contributed by atoms with Crippen molar-refractivity contribution in [2.24, 2.45) is 0 Å². The molecule has 28 heavy (non-hydrogen) atoms. The van der Waals surface area contributed by atoms with Crippen LogP contribution in [0.25, 0.3) is 11.4 Å². The molecule has 0 aliphatic carbocycles. The van der Waals surface area contributed by atoms with Gasteiger partial charge >= 0.3 is 0 Å². The van der Waals surface area contributed by atoms with Gasteiger partial charge in [-0.1, -0.05) is 17.3 Å². The van der Waals surface area contributed by atoms with Gasteiger partial charge < -0.3 is 14.2 Å². The smallest absolute Gasteiger partial charge is 0.241 e. The van der Waals surface area contributed by atoms with E-state index in [4.69, 9.17) is 9.26 Å². The van der Waals surface area contributed by atoms with Gasteiger partial charge in [-0.05, 0) is 29.1 Å². The number of aromatic nitrogens is 2. The van der Waals surface area contributed by atoms with Crippen LogP contribution in [0.1, 0.15) is 11.5 Å². The molecule has 1 aliphatic heterocycles. The molecule has 1 fully saturated rings. The third-order valence-corrected chi connectivity index (χ3v) is 5.53. The number of rotatable bonds is 6. The molecule has 8 heteroatoms. The largest absolute Gasteiger partial charge is 0.497 e. The van der Waals surface area contributed by atoms with Gasteiger partial charge in [0.1, 0.15) is 5.75 Å². The zero-order chi connectivity index (χ0) is 19.3. The minimum atomic E-state index is 0.155. The fraction of sp³-hybridized carbons (Fsp3) is 0.350. The number of hydrogen-bond donors (Lipinski definition) is 0. The summed E-state index contributed by atoms with van der Waals surface area (Å²) in [6.07, 6.45) is 0.414. The fourth-order valence-electron chi connectivity index (χ4n) is 3.20. The second-order valence-corrected chi connectivity index (χ2v) is 7.49. The zero-order valence-electron chi connectivity index (χ0n) is 15.7. The number of benzene rings is 1. The summed E-state index contributed by atoms with van der Waals surface area (Å²) in [7, 11) is 1.64. The Hall–Kier alpha value is -2.71. The molecule has 1 aliphatic rings. The third-order valence-electron chi connectivity index (χ3n) is 4.85. The van der Waals surface area contributed by atoms with Gasteiger partial charge in [0.15, 0.2) is 0 Å². The Morgan fingerprint density at radius 3 is 2.64 bits per heavy atom. The summed E-state index contributed by atoms with van der Waals surface area (Å²) in [4.78, 5) is 21.2. The normalized spacial score (nSPS) is 15.0. The first-order chi connectivity index (χ1) is 13.7. The van der Waals surface area contributed by atoms with E-state index in [1.165, 1.54) is 0 Å². The molecule has 2 aromatic heterocycles. The number of carbonyl (C=O) groups excluding carboxylic acids is 1. The molecular formula is C20H22N4O3S. The topological polar surface area (TPSA) is 71.7 Å². The second-order valence-electron chi connectivity index (χ2n) is 6.71. The predicted octanol–water partition coefficient (Wildman–Crippen LogP) is 2.69. The second kappa shape index (κ2) is 8.53. The van der Waals surface area contributed by atoms with Crippen LogP contribution in [0.5, 0.6) is 5.75 Å². The summed E-state index contributed by atoms with van der Waals surface area (Å²) >= 11 is 1.61. The summed E-state index contributed by atoms with van der Waals surface area (Å²) in [6.45, 7) is 3.62. The van der Waals surface area contributed by atoms with Crippen LogP contribution in [0.4, 0.5) is 0 Å². The van der Waals surface area contributed by atoms with Gasteiger partial charge in [0.25, 0.3) is 0 Å². The molecule has 0 N–H and O–H groups in total. The van der Waals surface area contributed by atoms with E-state index in [1.807, 2.05) is 46.0 Å². The summed E-state index contributed by atoms with van der Waals surface area (Å²) in [5.41, 5.74) is 1.98. The van der Waals surface area contributed by atoms with Crippen molar-refractivity contribution >= 4 is 17.2 Å². The Balaban J connectivity index is 1.26. The van der Waals surface area contributed by atoms with Gasteiger partial charge in [0.05, 0.1) is 20.1 Å². The molecule has 4 rings (SSSR count). The van der Waals surface area contributed by atoms with Crippen molar-refractivity contribution in [2.45, 2.75) is 13.0 Å². The standard InChI is InChI=1S/C20H22N4O3S/c1-26-17-4-2-15(3-5-17)12-19(25)24-9-7-23(8-10-24)13-18-21-20(22-27-18)16-6-11-28-14-16/h2-6,11,14H,7-10,12-13H2,1H3. The highest BCUT2D eigenvalue weighted by Crippen LogP contribution is 2.19. The molecule has 0 spiro atoms. The zero-order valence-corrected chi connectivity index (χ0v) is 16.5. The Morgan fingerprint density at radius 2 is 1.96 bits per heavy atom. The summed E-state index contributed by atoms with van der Waals surface area (Å²) < 4.78 is 10.5. The molecule has 7 nitrogen and oxygen atoms in total. The lowest BCUT2D eigenvalue weighted by Gasteiger charge is -2.34. The first-order valence-electron chi connectivity index (χ1n) is 9.19. The van der Waals surface area contributed by atoms with Gasteiger partial charge in [-0.2, -0.15) is 16.3 Å². The molecule has 3 heterocycles. The van der Waals surface area contributed by atoms with Gasteiger partial charge in [0.2, 0.25) is 17.6 Å². The summed E-state index contributed by atoms with van der Waals surface area (Å²) in [5, 5.41) is 8.04. The number of nitrogens with zero attached hydrogens (tertiary/aromatic N) is 4. The first-order valence-corrected chi connectivity index (χ1v) is 10.1. The lowest BCUT2D eigenvalue weighted by Crippen LogP contribution is -2.48. The van der Waals surface area contributed by atoms with Crippen LogP contribution in [0, 0.1) is 0 Å². The molecule has 146 valence electrons. The Morgan fingerprint density at radius 1 is 1.18 bits per heavy atom. The molecule has 1 saturated heterocycles. The number of piperazine rings is 1.